The van der Waals surface area contributed by atoms with Crippen molar-refractivity contribution in [2.75, 3.05) is 0 Å². The van der Waals surface area contributed by atoms with Crippen molar-refractivity contribution in [1.29, 1.82) is 0 Å². The first-order chi connectivity index (χ1) is 8.40. The molecule has 2 rings (SSSR count). The second kappa shape index (κ2) is 5.89. The third kappa shape index (κ3) is 3.21. The van der Waals surface area contributed by atoms with Gasteiger partial charge in [-0.1, -0.05) is 25.1 Å². The van der Waals surface area contributed by atoms with Crippen LogP contribution in [0.25, 0.3) is 0 Å². The minimum absolute atomic E-state index is 0.598. The van der Waals surface area contributed by atoms with E-state index in [1.165, 1.54) is 5.56 Å². The van der Waals surface area contributed by atoms with Crippen LogP contribution in [-0.2, 0) is 13.0 Å². The number of pyridine rings is 1. The highest BCUT2D eigenvalue weighted by Gasteiger charge is 1.96. The molecule has 1 heterocycles. The van der Waals surface area contributed by atoms with E-state index in [2.05, 4.69) is 28.2 Å². The van der Waals surface area contributed by atoms with Crippen LogP contribution in [0.1, 0.15) is 18.1 Å². The number of aryl methyl sites for hydroxylation is 1. The molecule has 0 bridgehead atoms. The fourth-order valence-electron chi connectivity index (χ4n) is 1.59. The van der Waals surface area contributed by atoms with Gasteiger partial charge in [0.15, 0.2) is 0 Å². The van der Waals surface area contributed by atoms with Crippen LogP contribution in [0.4, 0.5) is 5.69 Å². The summed E-state index contributed by atoms with van der Waals surface area (Å²) < 4.78 is 0. The average Bonchev–Trinajstić information content (AvgIpc) is 2.40. The maximum absolute atomic E-state index is 4.28. The molecule has 2 aromatic rings. The lowest BCUT2D eigenvalue weighted by Crippen LogP contribution is -1.82. The van der Waals surface area contributed by atoms with Gasteiger partial charge in [-0.25, -0.2) is 0 Å². The molecule has 0 aliphatic heterocycles. The standard InChI is InChI=1S/C14H15N3/c1-2-13-5-3-4-6-14(13)17-16-11-12-7-9-15-10-8-12/h3-10H,2,11H2,1H3. The number of nitrogens with zero attached hydrogens (tertiary/aromatic N) is 3. The number of aromatic nitrogens is 1. The Labute approximate surface area is 101 Å². The Morgan fingerprint density at radius 2 is 1.82 bits per heavy atom. The number of azo groups is 1. The normalized spacial score (nSPS) is 10.9. The summed E-state index contributed by atoms with van der Waals surface area (Å²) >= 11 is 0. The van der Waals surface area contributed by atoms with E-state index in [0.29, 0.717) is 6.54 Å². The maximum Gasteiger partial charge on any atom is 0.0884 e. The molecular weight excluding hydrogens is 210 g/mol. The van der Waals surface area contributed by atoms with Gasteiger partial charge in [-0.15, -0.1) is 0 Å². The van der Waals surface area contributed by atoms with E-state index in [4.69, 9.17) is 0 Å². The van der Waals surface area contributed by atoms with Gasteiger partial charge in [-0.3, -0.25) is 4.98 Å². The minimum Gasteiger partial charge on any atom is -0.265 e. The fraction of sp³-hybridized carbons (Fsp3) is 0.214. The van der Waals surface area contributed by atoms with E-state index in [1.807, 2.05) is 30.3 Å². The molecule has 0 amide bonds. The van der Waals surface area contributed by atoms with Crippen molar-refractivity contribution in [3.8, 4) is 0 Å². The highest BCUT2D eigenvalue weighted by Crippen LogP contribution is 2.19. The monoisotopic (exact) mass is 225 g/mol. The molecule has 0 unspecified atom stereocenters. The molecule has 3 nitrogen and oxygen atoms in total. The van der Waals surface area contributed by atoms with Crippen LogP contribution in [0.5, 0.6) is 0 Å². The second-order valence-electron chi connectivity index (χ2n) is 3.74. The van der Waals surface area contributed by atoms with Gasteiger partial charge in [0, 0.05) is 12.4 Å². The molecule has 3 heteroatoms. The van der Waals surface area contributed by atoms with E-state index < -0.39 is 0 Å². The summed E-state index contributed by atoms with van der Waals surface area (Å²) in [5.74, 6) is 0. The zero-order valence-electron chi connectivity index (χ0n) is 9.87. The molecule has 0 saturated carbocycles. The molecule has 0 radical (unpaired) electrons. The van der Waals surface area contributed by atoms with Gasteiger partial charge in [0.2, 0.25) is 0 Å². The van der Waals surface area contributed by atoms with Gasteiger partial charge in [0.1, 0.15) is 0 Å². The van der Waals surface area contributed by atoms with Gasteiger partial charge in [0.25, 0.3) is 0 Å². The van der Waals surface area contributed by atoms with Crippen LogP contribution in [0.2, 0.25) is 0 Å². The SMILES string of the molecule is CCc1ccccc1N=NCc1ccncc1. The third-order valence-electron chi connectivity index (χ3n) is 2.55. The largest absolute Gasteiger partial charge is 0.265 e. The van der Waals surface area contributed by atoms with E-state index >= 15 is 0 Å². The predicted molar refractivity (Wildman–Crippen MR) is 68.3 cm³/mol. The molecule has 0 atom stereocenters. The molecule has 0 spiro atoms. The summed E-state index contributed by atoms with van der Waals surface area (Å²) in [5, 5.41) is 8.49. The van der Waals surface area contributed by atoms with E-state index in [1.54, 1.807) is 12.4 Å². The molecule has 0 N–H and O–H groups in total. The van der Waals surface area contributed by atoms with Gasteiger partial charge >= 0.3 is 0 Å². The molecular formula is C14H15N3. The predicted octanol–water partition coefficient (Wildman–Crippen LogP) is 3.93. The van der Waals surface area contributed by atoms with Crippen LogP contribution in [0.15, 0.2) is 59.0 Å². The lowest BCUT2D eigenvalue weighted by molar-refractivity contribution is 0.947. The van der Waals surface area contributed by atoms with Gasteiger partial charge < -0.3 is 0 Å². The number of benzene rings is 1. The van der Waals surface area contributed by atoms with Gasteiger partial charge in [-0.05, 0) is 35.7 Å². The van der Waals surface area contributed by atoms with Crippen molar-refractivity contribution in [3.63, 3.8) is 0 Å². The summed E-state index contributed by atoms with van der Waals surface area (Å²) in [6, 6.07) is 12.0. The molecule has 0 fully saturated rings. The van der Waals surface area contributed by atoms with Crippen molar-refractivity contribution in [3.05, 3.63) is 59.9 Å². The average molecular weight is 225 g/mol. The van der Waals surface area contributed by atoms with Gasteiger partial charge in [0.05, 0.1) is 12.2 Å². The summed E-state index contributed by atoms with van der Waals surface area (Å²) in [6.45, 7) is 2.72. The Bertz CT molecular complexity index is 492. The van der Waals surface area contributed by atoms with Crippen LogP contribution in [0, 0.1) is 0 Å². The van der Waals surface area contributed by atoms with Crippen molar-refractivity contribution in [2.45, 2.75) is 19.9 Å². The number of rotatable bonds is 4. The summed E-state index contributed by atoms with van der Waals surface area (Å²) in [7, 11) is 0. The fourth-order valence-corrected chi connectivity index (χ4v) is 1.59. The lowest BCUT2D eigenvalue weighted by Gasteiger charge is -2.00. The second-order valence-corrected chi connectivity index (χ2v) is 3.74. The molecule has 0 saturated heterocycles. The number of hydrogen-bond donors (Lipinski definition) is 0. The molecule has 0 aliphatic rings. The molecule has 86 valence electrons. The van der Waals surface area contributed by atoms with Crippen molar-refractivity contribution in [1.82, 2.24) is 4.98 Å². The molecule has 1 aromatic heterocycles. The smallest absolute Gasteiger partial charge is 0.0884 e. The van der Waals surface area contributed by atoms with E-state index in [9.17, 15) is 0 Å². The summed E-state index contributed by atoms with van der Waals surface area (Å²) in [4.78, 5) is 3.97. The zero-order valence-corrected chi connectivity index (χ0v) is 9.87. The minimum atomic E-state index is 0.598. The van der Waals surface area contributed by atoms with Crippen molar-refractivity contribution in [2.24, 2.45) is 10.2 Å². The number of hydrogen-bond acceptors (Lipinski definition) is 3. The van der Waals surface area contributed by atoms with Crippen molar-refractivity contribution < 1.29 is 0 Å². The first-order valence-electron chi connectivity index (χ1n) is 5.74. The Hall–Kier alpha value is -2.03. The third-order valence-corrected chi connectivity index (χ3v) is 2.55. The van der Waals surface area contributed by atoms with Crippen LogP contribution in [-0.4, -0.2) is 4.98 Å². The zero-order chi connectivity index (χ0) is 11.9. The quantitative estimate of drug-likeness (QED) is 0.726. The highest BCUT2D eigenvalue weighted by atomic mass is 15.1. The summed E-state index contributed by atoms with van der Waals surface area (Å²) in [6.07, 6.45) is 4.51. The Kier molecular flexibility index (Phi) is 3.97. The lowest BCUT2D eigenvalue weighted by atomic mass is 10.1. The molecule has 1 aromatic carbocycles. The van der Waals surface area contributed by atoms with E-state index in [-0.39, 0.29) is 0 Å². The molecule has 0 aliphatic carbocycles. The highest BCUT2D eigenvalue weighted by molar-refractivity contribution is 5.44. The van der Waals surface area contributed by atoms with Crippen molar-refractivity contribution >= 4 is 5.69 Å². The summed E-state index contributed by atoms with van der Waals surface area (Å²) in [5.41, 5.74) is 3.31. The Morgan fingerprint density at radius 1 is 1.06 bits per heavy atom. The van der Waals surface area contributed by atoms with Crippen LogP contribution in [0.3, 0.4) is 0 Å². The van der Waals surface area contributed by atoms with E-state index in [0.717, 1.165) is 17.7 Å². The first-order valence-corrected chi connectivity index (χ1v) is 5.74. The Morgan fingerprint density at radius 3 is 2.59 bits per heavy atom. The first kappa shape index (κ1) is 11.5. The van der Waals surface area contributed by atoms with Crippen LogP contribution < -0.4 is 0 Å². The Balaban J connectivity index is 2.06. The van der Waals surface area contributed by atoms with Gasteiger partial charge in [-0.2, -0.15) is 10.2 Å². The molecule has 17 heavy (non-hydrogen) atoms. The van der Waals surface area contributed by atoms with Crippen LogP contribution >= 0.6 is 0 Å². The maximum atomic E-state index is 4.28. The topological polar surface area (TPSA) is 37.6 Å².